The van der Waals surface area contributed by atoms with Gasteiger partial charge in [0, 0.05) is 12.2 Å². The minimum Gasteiger partial charge on any atom is -0.383 e. The molecule has 0 spiro atoms. The van der Waals surface area contributed by atoms with E-state index >= 15 is 0 Å². The Hall–Kier alpha value is -1.60. The van der Waals surface area contributed by atoms with Gasteiger partial charge in [-0.05, 0) is 24.1 Å². The van der Waals surface area contributed by atoms with Gasteiger partial charge in [0.05, 0.1) is 12.5 Å². The first-order chi connectivity index (χ1) is 6.15. The molecular formula is C9H12N4. The van der Waals surface area contributed by atoms with Crippen LogP contribution < -0.4 is 11.5 Å². The van der Waals surface area contributed by atoms with Gasteiger partial charge in [-0.25, -0.2) is 4.98 Å². The highest BCUT2D eigenvalue weighted by atomic mass is 14.8. The lowest BCUT2D eigenvalue weighted by Gasteiger charge is -2.08. The smallest absolute Gasteiger partial charge is 0.126 e. The van der Waals surface area contributed by atoms with E-state index in [0.29, 0.717) is 12.2 Å². The van der Waals surface area contributed by atoms with Gasteiger partial charge in [0.15, 0.2) is 0 Å². The maximum absolute atomic E-state index is 8.45. The topological polar surface area (TPSA) is 88.7 Å². The second-order valence-electron chi connectivity index (χ2n) is 2.94. The van der Waals surface area contributed by atoms with Gasteiger partial charge in [0.1, 0.15) is 5.82 Å². The van der Waals surface area contributed by atoms with Gasteiger partial charge in [-0.3, -0.25) is 0 Å². The third kappa shape index (κ3) is 2.17. The number of aryl methyl sites for hydroxylation is 1. The largest absolute Gasteiger partial charge is 0.383 e. The van der Waals surface area contributed by atoms with E-state index in [4.69, 9.17) is 16.7 Å². The molecule has 0 aliphatic heterocycles. The molecule has 0 radical (unpaired) electrons. The summed E-state index contributed by atoms with van der Waals surface area (Å²) in [5.41, 5.74) is 13.0. The highest BCUT2D eigenvalue weighted by molar-refractivity contribution is 5.40. The number of anilines is 1. The monoisotopic (exact) mass is 176 g/mol. The Bertz CT molecular complexity index is 340. The Morgan fingerprint density at radius 1 is 1.69 bits per heavy atom. The second kappa shape index (κ2) is 3.87. The normalized spacial score (nSPS) is 12.1. The standard InChI is InChI=1S/C9H12N4/c1-6-4-7(5-13-9(6)12)8(11)2-3-10/h4-5,8H,2,11H2,1H3,(H2,12,13). The van der Waals surface area contributed by atoms with Crippen LogP contribution in [0, 0.1) is 18.3 Å². The van der Waals surface area contributed by atoms with E-state index in [2.05, 4.69) is 4.98 Å². The third-order valence-electron chi connectivity index (χ3n) is 1.88. The van der Waals surface area contributed by atoms with E-state index in [9.17, 15) is 0 Å². The molecule has 0 bridgehead atoms. The molecule has 1 heterocycles. The molecule has 1 aromatic heterocycles. The molecule has 4 heteroatoms. The van der Waals surface area contributed by atoms with E-state index in [1.54, 1.807) is 6.20 Å². The highest BCUT2D eigenvalue weighted by Crippen LogP contribution is 2.16. The summed E-state index contributed by atoms with van der Waals surface area (Å²) in [6, 6.07) is 3.61. The molecule has 0 amide bonds. The zero-order chi connectivity index (χ0) is 9.84. The van der Waals surface area contributed by atoms with Crippen LogP contribution >= 0.6 is 0 Å². The summed E-state index contributed by atoms with van der Waals surface area (Å²) in [5.74, 6) is 0.507. The van der Waals surface area contributed by atoms with Gasteiger partial charge < -0.3 is 11.5 Å². The Labute approximate surface area is 77.2 Å². The molecule has 0 fully saturated rings. The van der Waals surface area contributed by atoms with Gasteiger partial charge in [-0.1, -0.05) is 0 Å². The Kier molecular flexibility index (Phi) is 2.83. The molecule has 1 unspecified atom stereocenters. The number of nitrogens with zero attached hydrogens (tertiary/aromatic N) is 2. The number of hydrogen-bond donors (Lipinski definition) is 2. The lowest BCUT2D eigenvalue weighted by molar-refractivity contribution is 0.743. The number of nitrogen functional groups attached to an aromatic ring is 1. The number of nitrogens with two attached hydrogens (primary N) is 2. The lowest BCUT2D eigenvalue weighted by atomic mass is 10.1. The first-order valence-electron chi connectivity index (χ1n) is 3.99. The molecule has 0 aromatic carbocycles. The number of pyridine rings is 1. The molecule has 0 saturated heterocycles. The summed E-state index contributed by atoms with van der Waals surface area (Å²) >= 11 is 0. The van der Waals surface area contributed by atoms with Crippen molar-refractivity contribution in [3.63, 3.8) is 0 Å². The Morgan fingerprint density at radius 3 is 2.92 bits per heavy atom. The van der Waals surface area contributed by atoms with Crippen molar-refractivity contribution in [3.8, 4) is 6.07 Å². The summed E-state index contributed by atoms with van der Waals surface area (Å²) in [4.78, 5) is 3.97. The van der Waals surface area contributed by atoms with Crippen molar-refractivity contribution in [3.05, 3.63) is 23.4 Å². The fraction of sp³-hybridized carbons (Fsp3) is 0.333. The summed E-state index contributed by atoms with van der Waals surface area (Å²) in [7, 11) is 0. The van der Waals surface area contributed by atoms with Gasteiger partial charge >= 0.3 is 0 Å². The molecule has 1 aromatic rings. The zero-order valence-electron chi connectivity index (χ0n) is 7.49. The van der Waals surface area contributed by atoms with Crippen molar-refractivity contribution in [2.75, 3.05) is 5.73 Å². The van der Waals surface area contributed by atoms with Crippen molar-refractivity contribution >= 4 is 5.82 Å². The number of hydrogen-bond acceptors (Lipinski definition) is 4. The fourth-order valence-corrected chi connectivity index (χ4v) is 1.03. The van der Waals surface area contributed by atoms with E-state index in [0.717, 1.165) is 11.1 Å². The van der Waals surface area contributed by atoms with E-state index in [-0.39, 0.29) is 6.04 Å². The minimum atomic E-state index is -0.267. The van der Waals surface area contributed by atoms with Crippen LogP contribution in [0.25, 0.3) is 0 Å². The molecule has 1 atom stereocenters. The predicted molar refractivity (Wildman–Crippen MR) is 50.5 cm³/mol. The molecule has 0 aliphatic rings. The van der Waals surface area contributed by atoms with Crippen molar-refractivity contribution in [2.45, 2.75) is 19.4 Å². The van der Waals surface area contributed by atoms with Gasteiger partial charge in [0.25, 0.3) is 0 Å². The SMILES string of the molecule is Cc1cc(C(N)CC#N)cnc1N. The molecule has 68 valence electrons. The fourth-order valence-electron chi connectivity index (χ4n) is 1.03. The van der Waals surface area contributed by atoms with Crippen LogP contribution in [0.3, 0.4) is 0 Å². The van der Waals surface area contributed by atoms with E-state index < -0.39 is 0 Å². The van der Waals surface area contributed by atoms with Crippen LogP contribution in [-0.4, -0.2) is 4.98 Å². The van der Waals surface area contributed by atoms with E-state index in [1.165, 1.54) is 0 Å². The van der Waals surface area contributed by atoms with Gasteiger partial charge in [0.2, 0.25) is 0 Å². The summed E-state index contributed by atoms with van der Waals surface area (Å²) in [6.45, 7) is 1.87. The van der Waals surface area contributed by atoms with Gasteiger partial charge in [-0.2, -0.15) is 5.26 Å². The zero-order valence-corrected chi connectivity index (χ0v) is 7.49. The van der Waals surface area contributed by atoms with Gasteiger partial charge in [-0.15, -0.1) is 0 Å². The lowest BCUT2D eigenvalue weighted by Crippen LogP contribution is -2.10. The quantitative estimate of drug-likeness (QED) is 0.700. The maximum atomic E-state index is 8.45. The molecule has 0 saturated carbocycles. The summed E-state index contributed by atoms with van der Waals surface area (Å²) < 4.78 is 0. The van der Waals surface area contributed by atoms with Crippen LogP contribution in [0.15, 0.2) is 12.3 Å². The van der Waals surface area contributed by atoms with Crippen LogP contribution in [0.2, 0.25) is 0 Å². The molecular weight excluding hydrogens is 164 g/mol. The first-order valence-corrected chi connectivity index (χ1v) is 3.99. The maximum Gasteiger partial charge on any atom is 0.126 e. The molecule has 4 nitrogen and oxygen atoms in total. The average molecular weight is 176 g/mol. The summed E-state index contributed by atoms with van der Waals surface area (Å²) in [6.07, 6.45) is 1.91. The highest BCUT2D eigenvalue weighted by Gasteiger charge is 2.06. The molecule has 13 heavy (non-hydrogen) atoms. The van der Waals surface area contributed by atoms with Crippen molar-refractivity contribution in [2.24, 2.45) is 5.73 Å². The summed E-state index contributed by atoms with van der Waals surface area (Å²) in [5, 5.41) is 8.45. The minimum absolute atomic E-state index is 0.267. The van der Waals surface area contributed by atoms with Crippen molar-refractivity contribution < 1.29 is 0 Å². The third-order valence-corrected chi connectivity index (χ3v) is 1.88. The van der Waals surface area contributed by atoms with Crippen LogP contribution in [0.4, 0.5) is 5.82 Å². The molecule has 1 rings (SSSR count). The predicted octanol–water partition coefficient (Wildman–Crippen LogP) is 0.886. The number of rotatable bonds is 2. The van der Waals surface area contributed by atoms with Crippen molar-refractivity contribution in [1.82, 2.24) is 4.98 Å². The van der Waals surface area contributed by atoms with E-state index in [1.807, 2.05) is 19.1 Å². The Morgan fingerprint density at radius 2 is 2.38 bits per heavy atom. The van der Waals surface area contributed by atoms with Crippen LogP contribution in [0.5, 0.6) is 0 Å². The second-order valence-corrected chi connectivity index (χ2v) is 2.94. The van der Waals surface area contributed by atoms with Crippen molar-refractivity contribution in [1.29, 1.82) is 5.26 Å². The van der Waals surface area contributed by atoms with Crippen LogP contribution in [0.1, 0.15) is 23.6 Å². The number of nitriles is 1. The van der Waals surface area contributed by atoms with Crippen LogP contribution in [-0.2, 0) is 0 Å². The number of aromatic nitrogens is 1. The average Bonchev–Trinajstić information content (AvgIpc) is 2.10. The molecule has 0 aliphatic carbocycles. The first kappa shape index (κ1) is 9.49. The Balaban J connectivity index is 2.91. The molecule has 4 N–H and O–H groups in total.